The van der Waals surface area contributed by atoms with Gasteiger partial charge in [0.2, 0.25) is 0 Å². The molecule has 1 N–H and O–H groups in total. The van der Waals surface area contributed by atoms with Crippen LogP contribution in [0.5, 0.6) is 0 Å². The number of benzene rings is 2. The highest BCUT2D eigenvalue weighted by Gasteiger charge is 2.40. The Morgan fingerprint density at radius 2 is 1.80 bits per heavy atom. The SMILES string of the molecule is O=[N+]([O-])c1cc([C@@H]2Nc3c(Cl)ccc(Cl)c3[C@@H]3C=CC[C@@H]32)ccc1Cl. The van der Waals surface area contributed by atoms with Crippen molar-refractivity contribution < 1.29 is 4.92 Å². The van der Waals surface area contributed by atoms with Crippen LogP contribution in [0.25, 0.3) is 0 Å². The maximum absolute atomic E-state index is 11.2. The van der Waals surface area contributed by atoms with Crippen LogP contribution in [0.4, 0.5) is 11.4 Å². The van der Waals surface area contributed by atoms with Gasteiger partial charge in [0.15, 0.2) is 0 Å². The number of anilines is 1. The molecule has 0 spiro atoms. The van der Waals surface area contributed by atoms with Gasteiger partial charge in [-0.05, 0) is 36.1 Å². The molecule has 0 unspecified atom stereocenters. The van der Waals surface area contributed by atoms with E-state index < -0.39 is 4.92 Å². The average molecular weight is 396 g/mol. The van der Waals surface area contributed by atoms with E-state index in [0.29, 0.717) is 10.0 Å². The molecule has 1 aliphatic heterocycles. The molecule has 3 atom stereocenters. The molecule has 2 aromatic rings. The second-order valence-corrected chi connectivity index (χ2v) is 7.48. The molecule has 7 heteroatoms. The topological polar surface area (TPSA) is 55.2 Å². The van der Waals surface area contributed by atoms with Gasteiger partial charge in [0.1, 0.15) is 5.02 Å². The molecule has 0 saturated heterocycles. The fraction of sp³-hybridized carbons (Fsp3) is 0.222. The van der Waals surface area contributed by atoms with Gasteiger partial charge in [0.25, 0.3) is 5.69 Å². The molecule has 0 aromatic heterocycles. The van der Waals surface area contributed by atoms with Crippen LogP contribution >= 0.6 is 34.8 Å². The summed E-state index contributed by atoms with van der Waals surface area (Å²) in [6, 6.07) is 8.39. The molecule has 25 heavy (non-hydrogen) atoms. The Balaban J connectivity index is 1.84. The van der Waals surface area contributed by atoms with Gasteiger partial charge >= 0.3 is 0 Å². The van der Waals surface area contributed by atoms with E-state index in [1.165, 1.54) is 0 Å². The van der Waals surface area contributed by atoms with Gasteiger partial charge in [0, 0.05) is 22.6 Å². The zero-order valence-corrected chi connectivity index (χ0v) is 15.1. The molecular weight excluding hydrogens is 383 g/mol. The van der Waals surface area contributed by atoms with Crippen LogP contribution in [-0.4, -0.2) is 4.92 Å². The summed E-state index contributed by atoms with van der Waals surface area (Å²) < 4.78 is 0. The standard InChI is InChI=1S/C18H13Cl3N2O2/c19-12-5-4-9(8-15(12)23(24)25)17-11-3-1-2-10(11)16-13(20)6-7-14(21)18(16)22-17/h1-2,4-8,10-11,17,22H,3H2/t10-,11+,17+/m1/s1. The van der Waals surface area contributed by atoms with Crippen molar-refractivity contribution in [1.29, 1.82) is 0 Å². The Hall–Kier alpha value is -1.75. The molecule has 128 valence electrons. The van der Waals surface area contributed by atoms with Crippen LogP contribution in [0.1, 0.15) is 29.5 Å². The van der Waals surface area contributed by atoms with Crippen molar-refractivity contribution in [1.82, 2.24) is 0 Å². The van der Waals surface area contributed by atoms with Gasteiger partial charge in [-0.2, -0.15) is 0 Å². The molecule has 1 heterocycles. The average Bonchev–Trinajstić information content (AvgIpc) is 3.07. The maximum Gasteiger partial charge on any atom is 0.288 e. The summed E-state index contributed by atoms with van der Waals surface area (Å²) in [6.45, 7) is 0. The number of fused-ring (bicyclic) bond motifs is 3. The third kappa shape index (κ3) is 2.69. The highest BCUT2D eigenvalue weighted by Crippen LogP contribution is 2.53. The molecule has 0 saturated carbocycles. The first-order valence-electron chi connectivity index (χ1n) is 7.82. The summed E-state index contributed by atoms with van der Waals surface area (Å²) in [5.41, 5.74) is 2.51. The summed E-state index contributed by atoms with van der Waals surface area (Å²) >= 11 is 18.8. The van der Waals surface area contributed by atoms with Crippen molar-refractivity contribution in [3.63, 3.8) is 0 Å². The predicted octanol–water partition coefficient (Wildman–Crippen LogP) is 6.38. The fourth-order valence-electron chi connectivity index (χ4n) is 3.82. The van der Waals surface area contributed by atoms with E-state index in [1.54, 1.807) is 24.3 Å². The Bertz CT molecular complexity index is 913. The van der Waals surface area contributed by atoms with Crippen molar-refractivity contribution in [3.05, 3.63) is 78.8 Å². The monoisotopic (exact) mass is 394 g/mol. The molecular formula is C18H13Cl3N2O2. The van der Waals surface area contributed by atoms with Crippen LogP contribution in [0, 0.1) is 16.0 Å². The first kappa shape index (κ1) is 16.7. The number of nitro benzene ring substituents is 1. The van der Waals surface area contributed by atoms with Gasteiger partial charge in [-0.25, -0.2) is 0 Å². The highest BCUT2D eigenvalue weighted by molar-refractivity contribution is 6.36. The first-order valence-corrected chi connectivity index (χ1v) is 8.95. The minimum atomic E-state index is -0.461. The van der Waals surface area contributed by atoms with Crippen molar-refractivity contribution in [2.24, 2.45) is 5.92 Å². The number of nitrogens with zero attached hydrogens (tertiary/aromatic N) is 1. The number of nitro groups is 1. The number of hydrogen-bond acceptors (Lipinski definition) is 3. The molecule has 0 radical (unpaired) electrons. The van der Waals surface area contributed by atoms with Crippen LogP contribution in [0.3, 0.4) is 0 Å². The summed E-state index contributed by atoms with van der Waals surface area (Å²) in [5.74, 6) is 0.339. The third-order valence-corrected chi connectivity index (χ3v) is 5.91. The van der Waals surface area contributed by atoms with E-state index in [2.05, 4.69) is 17.5 Å². The van der Waals surface area contributed by atoms with Crippen LogP contribution in [0.15, 0.2) is 42.5 Å². The number of nitrogens with one attached hydrogen (secondary N) is 1. The molecule has 4 rings (SSSR count). The number of hydrogen-bond donors (Lipinski definition) is 1. The van der Waals surface area contributed by atoms with E-state index in [9.17, 15) is 10.1 Å². The van der Waals surface area contributed by atoms with Crippen molar-refractivity contribution >= 4 is 46.2 Å². The molecule has 1 aliphatic carbocycles. The Morgan fingerprint density at radius 3 is 2.56 bits per heavy atom. The zero-order chi connectivity index (χ0) is 17.7. The van der Waals surface area contributed by atoms with Gasteiger partial charge in [-0.1, -0.05) is 53.0 Å². The quantitative estimate of drug-likeness (QED) is 0.364. The van der Waals surface area contributed by atoms with Crippen LogP contribution in [-0.2, 0) is 0 Å². The zero-order valence-electron chi connectivity index (χ0n) is 12.9. The number of rotatable bonds is 2. The van der Waals surface area contributed by atoms with Gasteiger partial charge in [-0.3, -0.25) is 10.1 Å². The van der Waals surface area contributed by atoms with E-state index in [4.69, 9.17) is 34.8 Å². The summed E-state index contributed by atoms with van der Waals surface area (Å²) in [5, 5.41) is 16.1. The summed E-state index contributed by atoms with van der Waals surface area (Å²) in [7, 11) is 0. The number of halogens is 3. The molecule has 0 fully saturated rings. The Morgan fingerprint density at radius 1 is 1.08 bits per heavy atom. The Kier molecular flexibility index (Phi) is 4.14. The minimum absolute atomic E-state index is 0.0912. The molecule has 2 aliphatic rings. The van der Waals surface area contributed by atoms with Gasteiger partial charge in [-0.15, -0.1) is 0 Å². The maximum atomic E-state index is 11.2. The van der Waals surface area contributed by atoms with Crippen molar-refractivity contribution in [3.8, 4) is 0 Å². The predicted molar refractivity (Wildman–Crippen MR) is 101 cm³/mol. The molecule has 0 bridgehead atoms. The lowest BCUT2D eigenvalue weighted by atomic mass is 9.77. The van der Waals surface area contributed by atoms with Crippen molar-refractivity contribution in [2.75, 3.05) is 5.32 Å². The molecule has 2 aromatic carbocycles. The highest BCUT2D eigenvalue weighted by atomic mass is 35.5. The normalized spacial score (nSPS) is 23.7. The Labute approximate surface area is 159 Å². The minimum Gasteiger partial charge on any atom is -0.376 e. The first-order chi connectivity index (χ1) is 12.0. The van der Waals surface area contributed by atoms with Gasteiger partial charge < -0.3 is 5.32 Å². The van der Waals surface area contributed by atoms with Crippen LogP contribution in [0.2, 0.25) is 15.1 Å². The molecule has 0 amide bonds. The lowest BCUT2D eigenvalue weighted by molar-refractivity contribution is -0.384. The van der Waals surface area contributed by atoms with Crippen molar-refractivity contribution in [2.45, 2.75) is 18.4 Å². The van der Waals surface area contributed by atoms with Gasteiger partial charge in [0.05, 0.1) is 21.7 Å². The lowest BCUT2D eigenvalue weighted by Gasteiger charge is -2.38. The van der Waals surface area contributed by atoms with E-state index >= 15 is 0 Å². The fourth-order valence-corrected chi connectivity index (χ4v) is 4.51. The summed E-state index contributed by atoms with van der Waals surface area (Å²) in [6.07, 6.45) is 5.13. The number of allylic oxidation sites excluding steroid dienone is 2. The van der Waals surface area contributed by atoms with E-state index in [1.807, 2.05) is 6.07 Å². The van der Waals surface area contributed by atoms with Crippen LogP contribution < -0.4 is 5.32 Å². The van der Waals surface area contributed by atoms with E-state index in [-0.39, 0.29) is 28.6 Å². The van der Waals surface area contributed by atoms with E-state index in [0.717, 1.165) is 23.2 Å². The second-order valence-electron chi connectivity index (χ2n) is 6.26. The third-order valence-electron chi connectivity index (χ3n) is 4.94. The molecule has 4 nitrogen and oxygen atoms in total. The lowest BCUT2D eigenvalue weighted by Crippen LogP contribution is -2.29. The largest absolute Gasteiger partial charge is 0.376 e. The summed E-state index contributed by atoms with van der Waals surface area (Å²) in [4.78, 5) is 10.8. The smallest absolute Gasteiger partial charge is 0.288 e. The second kappa shape index (κ2) is 6.20.